The number of hydrogen-bond acceptors (Lipinski definition) is 2. The van der Waals surface area contributed by atoms with E-state index in [2.05, 4.69) is 29.4 Å². The Morgan fingerprint density at radius 1 is 1.26 bits per heavy atom. The molecule has 3 nitrogen and oxygen atoms in total. The summed E-state index contributed by atoms with van der Waals surface area (Å²) < 4.78 is 0. The van der Waals surface area contributed by atoms with Crippen molar-refractivity contribution in [1.82, 2.24) is 15.5 Å². The van der Waals surface area contributed by atoms with Crippen LogP contribution in [0.1, 0.15) is 30.7 Å². The summed E-state index contributed by atoms with van der Waals surface area (Å²) in [5.41, 5.74) is 3.14. The highest BCUT2D eigenvalue weighted by Gasteiger charge is 2.21. The monoisotopic (exact) mass is 297 g/mol. The van der Waals surface area contributed by atoms with Crippen molar-refractivity contribution >= 4 is 23.2 Å². The van der Waals surface area contributed by atoms with Gasteiger partial charge in [0.25, 0.3) is 0 Å². The summed E-state index contributed by atoms with van der Waals surface area (Å²) >= 11 is 12.0. The maximum atomic E-state index is 6.07. The summed E-state index contributed by atoms with van der Waals surface area (Å²) in [4.78, 5) is 0. The van der Waals surface area contributed by atoms with Gasteiger partial charge < -0.3 is 5.32 Å². The van der Waals surface area contributed by atoms with Crippen molar-refractivity contribution in [3.8, 4) is 0 Å². The highest BCUT2D eigenvalue weighted by molar-refractivity contribution is 6.42. The van der Waals surface area contributed by atoms with Gasteiger partial charge in [-0.1, -0.05) is 29.3 Å². The molecule has 0 aliphatic heterocycles. The van der Waals surface area contributed by atoms with Crippen molar-refractivity contribution in [2.45, 2.75) is 32.9 Å². The smallest absolute Gasteiger partial charge is 0.0595 e. The maximum absolute atomic E-state index is 6.07. The Morgan fingerprint density at radius 2 is 2.00 bits per heavy atom. The van der Waals surface area contributed by atoms with Crippen LogP contribution in [0, 0.1) is 6.92 Å². The molecule has 0 amide bonds. The highest BCUT2D eigenvalue weighted by atomic mass is 35.5. The van der Waals surface area contributed by atoms with Gasteiger partial charge >= 0.3 is 0 Å². The molecule has 2 aromatic rings. The van der Waals surface area contributed by atoms with Crippen LogP contribution in [0.2, 0.25) is 10.0 Å². The molecule has 2 rings (SSSR count). The molecule has 1 aromatic carbocycles. The van der Waals surface area contributed by atoms with Crippen molar-refractivity contribution in [1.29, 1.82) is 0 Å². The largest absolute Gasteiger partial charge is 0.304 e. The van der Waals surface area contributed by atoms with Gasteiger partial charge in [-0.2, -0.15) is 5.10 Å². The average molecular weight is 298 g/mol. The second-order valence-corrected chi connectivity index (χ2v) is 5.94. The van der Waals surface area contributed by atoms with Crippen LogP contribution in [-0.2, 0) is 12.1 Å². The number of nitrogens with one attached hydrogen (secondary N) is 2. The second-order valence-electron chi connectivity index (χ2n) is 5.13. The maximum Gasteiger partial charge on any atom is 0.0595 e. The topological polar surface area (TPSA) is 40.7 Å². The molecule has 1 aromatic heterocycles. The molecule has 0 radical (unpaired) electrons. The first kappa shape index (κ1) is 14.4. The quantitative estimate of drug-likeness (QED) is 0.894. The Labute approximate surface area is 123 Å². The predicted molar refractivity (Wildman–Crippen MR) is 79.7 cm³/mol. The van der Waals surface area contributed by atoms with E-state index >= 15 is 0 Å². The molecular weight excluding hydrogens is 281 g/mol. The number of aryl methyl sites for hydroxylation is 1. The van der Waals surface area contributed by atoms with Gasteiger partial charge in [0.15, 0.2) is 0 Å². The van der Waals surface area contributed by atoms with E-state index in [1.54, 1.807) is 0 Å². The first-order chi connectivity index (χ1) is 8.90. The number of benzene rings is 1. The molecule has 0 fully saturated rings. The SMILES string of the molecule is Cc1[nH]ncc1CNC(C)(C)c1ccc(Cl)c(Cl)c1. The lowest BCUT2D eigenvalue weighted by Gasteiger charge is -2.27. The minimum Gasteiger partial charge on any atom is -0.304 e. The predicted octanol–water partition coefficient (Wildman–Crippen LogP) is 4.05. The fourth-order valence-corrected chi connectivity index (χ4v) is 2.16. The van der Waals surface area contributed by atoms with Crippen LogP contribution in [0.5, 0.6) is 0 Å². The van der Waals surface area contributed by atoms with E-state index in [1.165, 1.54) is 0 Å². The molecule has 0 unspecified atom stereocenters. The Balaban J connectivity index is 2.13. The third kappa shape index (κ3) is 3.30. The molecule has 0 saturated heterocycles. The summed E-state index contributed by atoms with van der Waals surface area (Å²) in [6.07, 6.45) is 1.84. The molecule has 0 bridgehead atoms. The van der Waals surface area contributed by atoms with Crippen LogP contribution in [0.15, 0.2) is 24.4 Å². The average Bonchev–Trinajstić information content (AvgIpc) is 2.76. The van der Waals surface area contributed by atoms with E-state index in [-0.39, 0.29) is 5.54 Å². The molecule has 0 aliphatic carbocycles. The number of hydrogen-bond donors (Lipinski definition) is 2. The first-order valence-corrected chi connectivity index (χ1v) is 6.85. The van der Waals surface area contributed by atoms with Crippen LogP contribution in [0.4, 0.5) is 0 Å². The Bertz CT molecular complexity index is 576. The van der Waals surface area contributed by atoms with E-state index in [0.717, 1.165) is 23.4 Å². The van der Waals surface area contributed by atoms with E-state index in [1.807, 2.05) is 31.3 Å². The normalized spacial score (nSPS) is 11.8. The molecule has 0 spiro atoms. The zero-order valence-electron chi connectivity index (χ0n) is 11.2. The summed E-state index contributed by atoms with van der Waals surface area (Å²) in [5.74, 6) is 0. The zero-order chi connectivity index (χ0) is 14.0. The second kappa shape index (κ2) is 5.53. The number of H-pyrrole nitrogens is 1. The van der Waals surface area contributed by atoms with Crippen LogP contribution in [0.3, 0.4) is 0 Å². The number of aromatic nitrogens is 2. The van der Waals surface area contributed by atoms with Crippen LogP contribution >= 0.6 is 23.2 Å². The van der Waals surface area contributed by atoms with Crippen molar-refractivity contribution in [2.24, 2.45) is 0 Å². The third-order valence-corrected chi connectivity index (χ3v) is 4.04. The van der Waals surface area contributed by atoms with E-state index in [4.69, 9.17) is 23.2 Å². The summed E-state index contributed by atoms with van der Waals surface area (Å²) in [6, 6.07) is 5.72. The van der Waals surface area contributed by atoms with Gasteiger partial charge in [-0.15, -0.1) is 0 Å². The Morgan fingerprint density at radius 3 is 2.58 bits per heavy atom. The minimum atomic E-state index is -0.196. The van der Waals surface area contributed by atoms with Gasteiger partial charge in [-0.3, -0.25) is 5.10 Å². The minimum absolute atomic E-state index is 0.196. The molecule has 102 valence electrons. The molecule has 1 heterocycles. The van der Waals surface area contributed by atoms with Gasteiger partial charge in [0.1, 0.15) is 0 Å². The van der Waals surface area contributed by atoms with E-state index < -0.39 is 0 Å². The van der Waals surface area contributed by atoms with Gasteiger partial charge in [0.2, 0.25) is 0 Å². The van der Waals surface area contributed by atoms with E-state index in [0.29, 0.717) is 10.0 Å². The molecular formula is C14H17Cl2N3. The van der Waals surface area contributed by atoms with Crippen molar-refractivity contribution in [2.75, 3.05) is 0 Å². The summed E-state index contributed by atoms with van der Waals surface area (Å²) in [7, 11) is 0. The molecule has 2 N–H and O–H groups in total. The van der Waals surface area contributed by atoms with Crippen LogP contribution in [-0.4, -0.2) is 10.2 Å². The van der Waals surface area contributed by atoms with Crippen LogP contribution in [0.25, 0.3) is 0 Å². The fraction of sp³-hybridized carbons (Fsp3) is 0.357. The Kier molecular flexibility index (Phi) is 4.19. The van der Waals surface area contributed by atoms with Gasteiger partial charge in [0.05, 0.1) is 16.2 Å². The number of rotatable bonds is 4. The zero-order valence-corrected chi connectivity index (χ0v) is 12.7. The lowest BCUT2D eigenvalue weighted by molar-refractivity contribution is 0.401. The highest BCUT2D eigenvalue weighted by Crippen LogP contribution is 2.28. The van der Waals surface area contributed by atoms with Crippen molar-refractivity contribution < 1.29 is 0 Å². The Hall–Kier alpha value is -1.03. The lowest BCUT2D eigenvalue weighted by Crippen LogP contribution is -2.36. The first-order valence-electron chi connectivity index (χ1n) is 6.09. The molecule has 19 heavy (non-hydrogen) atoms. The summed E-state index contributed by atoms with van der Waals surface area (Å²) in [6.45, 7) is 6.98. The number of halogens is 2. The molecule has 0 saturated carbocycles. The summed E-state index contributed by atoms with van der Waals surface area (Å²) in [5, 5.41) is 11.6. The van der Waals surface area contributed by atoms with Gasteiger partial charge in [-0.05, 0) is 38.5 Å². The molecule has 0 aliphatic rings. The van der Waals surface area contributed by atoms with Crippen LogP contribution < -0.4 is 5.32 Å². The van der Waals surface area contributed by atoms with Gasteiger partial charge in [-0.25, -0.2) is 0 Å². The number of nitrogens with zero attached hydrogens (tertiary/aromatic N) is 1. The fourth-order valence-electron chi connectivity index (χ4n) is 1.86. The van der Waals surface area contributed by atoms with Crippen molar-refractivity contribution in [3.05, 3.63) is 51.3 Å². The van der Waals surface area contributed by atoms with Gasteiger partial charge in [0, 0.05) is 23.3 Å². The lowest BCUT2D eigenvalue weighted by atomic mass is 9.94. The van der Waals surface area contributed by atoms with E-state index in [9.17, 15) is 0 Å². The molecule has 5 heteroatoms. The standard InChI is InChI=1S/C14H17Cl2N3/c1-9-10(8-18-19-9)7-17-14(2,3)11-4-5-12(15)13(16)6-11/h4-6,8,17H,7H2,1-3H3,(H,18,19). The van der Waals surface area contributed by atoms with Crippen molar-refractivity contribution in [3.63, 3.8) is 0 Å². The third-order valence-electron chi connectivity index (χ3n) is 3.30. The number of aromatic amines is 1. The molecule has 0 atom stereocenters.